The fourth-order valence-electron chi connectivity index (χ4n) is 5.00. The molecule has 2 amide bonds. The Balaban J connectivity index is 1.28. The van der Waals surface area contributed by atoms with Crippen molar-refractivity contribution in [2.75, 3.05) is 26.2 Å². The van der Waals surface area contributed by atoms with E-state index in [9.17, 15) is 18.0 Å². The van der Waals surface area contributed by atoms with E-state index < -0.39 is 16.1 Å². The molecule has 0 aliphatic carbocycles. The second-order valence-electron chi connectivity index (χ2n) is 8.67. The molecule has 2 N–H and O–H groups in total. The van der Waals surface area contributed by atoms with Gasteiger partial charge in [0, 0.05) is 41.4 Å². The zero-order valence-electron chi connectivity index (χ0n) is 17.4. The number of thiophene rings is 1. The Morgan fingerprint density at radius 3 is 2.69 bits per heavy atom. The lowest BCUT2D eigenvalue weighted by Crippen LogP contribution is -2.59. The molecule has 4 heterocycles. The minimum atomic E-state index is -3.87. The van der Waals surface area contributed by atoms with Crippen molar-refractivity contribution in [1.29, 1.82) is 0 Å². The number of hydrogen-bond acceptors (Lipinski definition) is 6. The summed E-state index contributed by atoms with van der Waals surface area (Å²) in [6.07, 6.45) is 3.03. The molecule has 1 aromatic heterocycles. The highest BCUT2D eigenvalue weighted by Crippen LogP contribution is 2.31. The van der Waals surface area contributed by atoms with Gasteiger partial charge in [-0.15, -0.1) is 11.3 Å². The molecule has 3 aliphatic heterocycles. The van der Waals surface area contributed by atoms with Crippen LogP contribution in [0.25, 0.3) is 10.1 Å². The normalized spacial score (nSPS) is 26.2. The van der Waals surface area contributed by atoms with Gasteiger partial charge in [-0.2, -0.15) is 4.72 Å². The van der Waals surface area contributed by atoms with Crippen LogP contribution in [0.2, 0.25) is 5.02 Å². The predicted molar refractivity (Wildman–Crippen MR) is 123 cm³/mol. The molecule has 11 heteroatoms. The van der Waals surface area contributed by atoms with Crippen molar-refractivity contribution in [3.05, 3.63) is 29.3 Å². The van der Waals surface area contributed by atoms with Crippen molar-refractivity contribution >= 4 is 54.9 Å². The standard InChI is InChI=1S/C21H25ClN4O4S2/c22-14-3-6-18-13(8-14)9-20(31-18)32(29,30)24-17-2-1-7-25(21(17)28)12-19(27)26-15-4-5-16(26)11-23-10-15/h3,6,8-9,15-17,23-24H,1-2,4-5,7,10-12H2/t15?,16?,17-/m0/s1. The summed E-state index contributed by atoms with van der Waals surface area (Å²) >= 11 is 7.15. The summed E-state index contributed by atoms with van der Waals surface area (Å²) in [5, 5.41) is 4.63. The SMILES string of the molecule is O=C1[C@@H](NS(=O)(=O)c2cc3cc(Cl)ccc3s2)CCCN1CC(=O)N1C2CCC1CNC2. The van der Waals surface area contributed by atoms with Crippen LogP contribution >= 0.6 is 22.9 Å². The Hall–Kier alpha value is -1.72. The fraction of sp³-hybridized carbons (Fsp3) is 0.524. The first-order valence-corrected chi connectivity index (χ1v) is 13.5. The van der Waals surface area contributed by atoms with Crippen molar-refractivity contribution in [1.82, 2.24) is 19.8 Å². The highest BCUT2D eigenvalue weighted by Gasteiger charge is 2.41. The number of carbonyl (C=O) groups is 2. The third kappa shape index (κ3) is 4.14. The number of likely N-dealkylation sites (tertiary alicyclic amines) is 1. The summed E-state index contributed by atoms with van der Waals surface area (Å²) in [5.41, 5.74) is 0. The number of nitrogens with zero attached hydrogens (tertiary/aromatic N) is 2. The maximum Gasteiger partial charge on any atom is 0.250 e. The van der Waals surface area contributed by atoms with Gasteiger partial charge >= 0.3 is 0 Å². The van der Waals surface area contributed by atoms with Crippen LogP contribution in [-0.2, 0) is 19.6 Å². The molecule has 2 unspecified atom stereocenters. The topological polar surface area (TPSA) is 98.8 Å². The van der Waals surface area contributed by atoms with Gasteiger partial charge < -0.3 is 15.1 Å². The van der Waals surface area contributed by atoms with Gasteiger partial charge in [0.25, 0.3) is 10.0 Å². The summed E-state index contributed by atoms with van der Waals surface area (Å²) in [4.78, 5) is 29.5. The van der Waals surface area contributed by atoms with E-state index >= 15 is 0 Å². The number of piperazine rings is 1. The number of fused-ring (bicyclic) bond motifs is 3. The van der Waals surface area contributed by atoms with Crippen molar-refractivity contribution in [2.24, 2.45) is 0 Å². The molecule has 0 spiro atoms. The highest BCUT2D eigenvalue weighted by molar-refractivity contribution is 7.91. The summed E-state index contributed by atoms with van der Waals surface area (Å²) in [6, 6.07) is 6.31. The zero-order chi connectivity index (χ0) is 22.5. The lowest BCUT2D eigenvalue weighted by atomic mass is 10.1. The minimum Gasteiger partial charge on any atom is -0.333 e. The van der Waals surface area contributed by atoms with E-state index in [4.69, 9.17) is 11.6 Å². The van der Waals surface area contributed by atoms with Gasteiger partial charge in [-0.3, -0.25) is 9.59 Å². The van der Waals surface area contributed by atoms with Crippen LogP contribution in [0.4, 0.5) is 0 Å². The van der Waals surface area contributed by atoms with Gasteiger partial charge in [-0.25, -0.2) is 8.42 Å². The van der Waals surface area contributed by atoms with E-state index in [1.807, 2.05) is 4.90 Å². The van der Waals surface area contributed by atoms with Gasteiger partial charge in [0.05, 0.1) is 6.54 Å². The number of rotatable bonds is 5. The maximum atomic E-state index is 13.1. The molecule has 2 bridgehead atoms. The van der Waals surface area contributed by atoms with E-state index in [-0.39, 0.29) is 34.7 Å². The van der Waals surface area contributed by atoms with Crippen LogP contribution in [0.3, 0.4) is 0 Å². The van der Waals surface area contributed by atoms with Crippen LogP contribution in [0.5, 0.6) is 0 Å². The highest BCUT2D eigenvalue weighted by atomic mass is 35.5. The van der Waals surface area contributed by atoms with Crippen molar-refractivity contribution in [2.45, 2.75) is 48.0 Å². The van der Waals surface area contributed by atoms with Crippen LogP contribution in [0.15, 0.2) is 28.5 Å². The lowest BCUT2D eigenvalue weighted by molar-refractivity contribution is -0.145. The van der Waals surface area contributed by atoms with Crippen molar-refractivity contribution < 1.29 is 18.0 Å². The van der Waals surface area contributed by atoms with Gasteiger partial charge in [-0.1, -0.05) is 11.6 Å². The van der Waals surface area contributed by atoms with E-state index in [1.54, 1.807) is 24.3 Å². The van der Waals surface area contributed by atoms with E-state index in [0.29, 0.717) is 24.4 Å². The Bertz CT molecular complexity index is 1150. The fourth-order valence-corrected chi connectivity index (χ4v) is 7.80. The lowest BCUT2D eigenvalue weighted by Gasteiger charge is -2.38. The van der Waals surface area contributed by atoms with Crippen LogP contribution in [0, 0.1) is 0 Å². The van der Waals surface area contributed by atoms with Gasteiger partial charge in [0.1, 0.15) is 10.3 Å². The summed E-state index contributed by atoms with van der Waals surface area (Å²) in [7, 11) is -3.87. The molecule has 8 nitrogen and oxygen atoms in total. The third-order valence-corrected chi connectivity index (χ3v) is 9.84. The maximum absolute atomic E-state index is 13.1. The Morgan fingerprint density at radius 2 is 1.94 bits per heavy atom. The van der Waals surface area contributed by atoms with E-state index in [0.717, 1.165) is 47.4 Å². The number of benzene rings is 1. The van der Waals surface area contributed by atoms with E-state index in [1.165, 1.54) is 4.90 Å². The van der Waals surface area contributed by atoms with Gasteiger partial charge in [-0.05, 0) is 55.3 Å². The van der Waals surface area contributed by atoms with Crippen molar-refractivity contribution in [3.8, 4) is 0 Å². The first kappa shape index (κ1) is 22.1. The summed E-state index contributed by atoms with van der Waals surface area (Å²) in [6.45, 7) is 2.05. The number of carbonyl (C=O) groups excluding carboxylic acids is 2. The molecule has 3 atom stereocenters. The molecular formula is C21H25ClN4O4S2. The van der Waals surface area contributed by atoms with Crippen LogP contribution in [0.1, 0.15) is 25.7 Å². The molecule has 32 heavy (non-hydrogen) atoms. The Morgan fingerprint density at radius 1 is 1.19 bits per heavy atom. The average molecular weight is 497 g/mol. The molecule has 5 rings (SSSR count). The molecule has 0 radical (unpaired) electrons. The molecule has 172 valence electrons. The van der Waals surface area contributed by atoms with Crippen LogP contribution < -0.4 is 10.0 Å². The Labute approximate surface area is 195 Å². The molecule has 0 saturated carbocycles. The summed E-state index contributed by atoms with van der Waals surface area (Å²) in [5.74, 6) is -0.378. The zero-order valence-corrected chi connectivity index (χ0v) is 19.8. The van der Waals surface area contributed by atoms with Gasteiger partial charge in [0.15, 0.2) is 0 Å². The largest absolute Gasteiger partial charge is 0.333 e. The second kappa shape index (κ2) is 8.57. The number of halogens is 1. The molecule has 3 saturated heterocycles. The number of nitrogens with one attached hydrogen (secondary N) is 2. The monoisotopic (exact) mass is 496 g/mol. The molecule has 1 aromatic carbocycles. The quantitative estimate of drug-likeness (QED) is 0.657. The third-order valence-electron chi connectivity index (χ3n) is 6.54. The molecular weight excluding hydrogens is 472 g/mol. The smallest absolute Gasteiger partial charge is 0.250 e. The number of amides is 2. The first-order valence-electron chi connectivity index (χ1n) is 10.8. The van der Waals surface area contributed by atoms with E-state index in [2.05, 4.69) is 10.0 Å². The molecule has 2 aromatic rings. The second-order valence-corrected chi connectivity index (χ2v) is 12.1. The number of sulfonamides is 1. The molecule has 3 fully saturated rings. The number of piperidine rings is 1. The van der Waals surface area contributed by atoms with Gasteiger partial charge in [0.2, 0.25) is 11.8 Å². The average Bonchev–Trinajstić information content (AvgIpc) is 3.29. The number of hydrogen-bond donors (Lipinski definition) is 2. The Kier molecular flexibility index (Phi) is 5.91. The predicted octanol–water partition coefficient (Wildman–Crippen LogP) is 1.79. The first-order chi connectivity index (χ1) is 15.3. The van der Waals surface area contributed by atoms with Crippen molar-refractivity contribution in [3.63, 3.8) is 0 Å². The molecule has 3 aliphatic rings. The summed E-state index contributed by atoms with van der Waals surface area (Å²) < 4.78 is 29.5. The van der Waals surface area contributed by atoms with Crippen LogP contribution in [-0.4, -0.2) is 74.3 Å². The minimum absolute atomic E-state index is 0.00540.